The van der Waals surface area contributed by atoms with Crippen LogP contribution in [0.4, 0.5) is 0 Å². The normalized spacial score (nSPS) is 10.5. The Morgan fingerprint density at radius 1 is 1.00 bits per heavy atom. The van der Waals surface area contributed by atoms with Gasteiger partial charge in [0.1, 0.15) is 0 Å². The van der Waals surface area contributed by atoms with Crippen LogP contribution in [0.25, 0.3) is 17.1 Å². The SMILES string of the molecule is Clc1ccccc1-c1cnn(-c2ncccn2)c1. The van der Waals surface area contributed by atoms with Crippen LogP contribution >= 0.6 is 11.6 Å². The second-order valence-corrected chi connectivity index (χ2v) is 4.11. The Morgan fingerprint density at radius 3 is 2.56 bits per heavy atom. The van der Waals surface area contributed by atoms with Crippen molar-refractivity contribution in [3.8, 4) is 17.1 Å². The van der Waals surface area contributed by atoms with Gasteiger partial charge in [0.2, 0.25) is 5.95 Å². The number of halogens is 1. The van der Waals surface area contributed by atoms with Crippen LogP contribution in [0, 0.1) is 0 Å². The number of aromatic nitrogens is 4. The third kappa shape index (κ3) is 1.98. The van der Waals surface area contributed by atoms with Crippen molar-refractivity contribution in [2.75, 3.05) is 0 Å². The van der Waals surface area contributed by atoms with Crippen LogP contribution in [-0.4, -0.2) is 19.7 Å². The number of hydrogen-bond donors (Lipinski definition) is 0. The predicted molar refractivity (Wildman–Crippen MR) is 69.6 cm³/mol. The lowest BCUT2D eigenvalue weighted by molar-refractivity contribution is 0.808. The third-order valence-corrected chi connectivity index (χ3v) is 2.85. The van der Waals surface area contributed by atoms with Crippen LogP contribution in [-0.2, 0) is 0 Å². The van der Waals surface area contributed by atoms with Crippen LogP contribution in [0.1, 0.15) is 0 Å². The zero-order valence-electron chi connectivity index (χ0n) is 9.36. The molecular weight excluding hydrogens is 248 g/mol. The van der Waals surface area contributed by atoms with Crippen molar-refractivity contribution in [3.63, 3.8) is 0 Å². The van der Waals surface area contributed by atoms with Gasteiger partial charge in [0.15, 0.2) is 0 Å². The molecule has 2 aromatic heterocycles. The lowest BCUT2D eigenvalue weighted by Crippen LogP contribution is -1.99. The van der Waals surface area contributed by atoms with E-state index in [-0.39, 0.29) is 0 Å². The quantitative estimate of drug-likeness (QED) is 0.708. The monoisotopic (exact) mass is 256 g/mol. The number of nitrogens with zero attached hydrogens (tertiary/aromatic N) is 4. The molecule has 18 heavy (non-hydrogen) atoms. The van der Waals surface area contributed by atoms with Crippen molar-refractivity contribution in [2.24, 2.45) is 0 Å². The second kappa shape index (κ2) is 4.58. The van der Waals surface area contributed by atoms with E-state index in [0.717, 1.165) is 11.1 Å². The summed E-state index contributed by atoms with van der Waals surface area (Å²) < 4.78 is 1.62. The van der Waals surface area contributed by atoms with Crippen LogP contribution in [0.15, 0.2) is 55.1 Å². The van der Waals surface area contributed by atoms with Gasteiger partial charge in [0, 0.05) is 34.7 Å². The number of benzene rings is 1. The zero-order chi connectivity index (χ0) is 12.4. The first kappa shape index (κ1) is 10.9. The Labute approximate surface area is 109 Å². The minimum Gasteiger partial charge on any atom is -0.220 e. The van der Waals surface area contributed by atoms with Crippen molar-refractivity contribution in [3.05, 3.63) is 60.1 Å². The Hall–Kier alpha value is -2.20. The summed E-state index contributed by atoms with van der Waals surface area (Å²) in [6, 6.07) is 9.42. The van der Waals surface area contributed by atoms with Gasteiger partial charge in [-0.05, 0) is 12.1 Å². The van der Waals surface area contributed by atoms with Crippen LogP contribution < -0.4 is 0 Å². The fourth-order valence-electron chi connectivity index (χ4n) is 1.68. The lowest BCUT2D eigenvalue weighted by Gasteiger charge is -1.99. The predicted octanol–water partition coefficient (Wildman–Crippen LogP) is 2.98. The molecule has 0 spiro atoms. The fraction of sp³-hybridized carbons (Fsp3) is 0. The van der Waals surface area contributed by atoms with E-state index in [1.165, 1.54) is 0 Å². The van der Waals surface area contributed by atoms with Crippen molar-refractivity contribution < 1.29 is 0 Å². The summed E-state index contributed by atoms with van der Waals surface area (Å²) in [5.74, 6) is 0.538. The van der Waals surface area contributed by atoms with Crippen molar-refractivity contribution >= 4 is 11.6 Å². The van der Waals surface area contributed by atoms with Gasteiger partial charge >= 0.3 is 0 Å². The van der Waals surface area contributed by atoms with Gasteiger partial charge in [-0.3, -0.25) is 0 Å². The number of hydrogen-bond acceptors (Lipinski definition) is 3. The van der Waals surface area contributed by atoms with E-state index in [9.17, 15) is 0 Å². The van der Waals surface area contributed by atoms with Crippen LogP contribution in [0.2, 0.25) is 5.02 Å². The molecule has 0 saturated heterocycles. The summed E-state index contributed by atoms with van der Waals surface area (Å²) in [5.41, 5.74) is 1.88. The van der Waals surface area contributed by atoms with E-state index in [0.29, 0.717) is 11.0 Å². The molecular formula is C13H9ClN4. The second-order valence-electron chi connectivity index (χ2n) is 3.70. The van der Waals surface area contributed by atoms with Gasteiger partial charge in [-0.25, -0.2) is 14.6 Å². The molecule has 3 aromatic rings. The molecule has 0 aliphatic heterocycles. The first-order chi connectivity index (χ1) is 8.84. The largest absolute Gasteiger partial charge is 0.250 e. The topological polar surface area (TPSA) is 43.6 Å². The highest BCUT2D eigenvalue weighted by Gasteiger charge is 2.07. The van der Waals surface area contributed by atoms with E-state index in [1.807, 2.05) is 30.5 Å². The van der Waals surface area contributed by atoms with Crippen LogP contribution in [0.3, 0.4) is 0 Å². The highest BCUT2D eigenvalue weighted by molar-refractivity contribution is 6.33. The fourth-order valence-corrected chi connectivity index (χ4v) is 1.92. The smallest absolute Gasteiger partial charge is 0.220 e. The molecule has 0 aliphatic rings. The standard InChI is InChI=1S/C13H9ClN4/c14-12-5-2-1-4-11(12)10-8-17-18(9-10)13-15-6-3-7-16-13/h1-9H. The van der Waals surface area contributed by atoms with Crippen molar-refractivity contribution in [1.82, 2.24) is 19.7 Å². The van der Waals surface area contributed by atoms with E-state index in [2.05, 4.69) is 15.1 Å². The van der Waals surface area contributed by atoms with Gasteiger partial charge in [0.25, 0.3) is 0 Å². The summed E-state index contributed by atoms with van der Waals surface area (Å²) in [5, 5.41) is 4.94. The lowest BCUT2D eigenvalue weighted by atomic mass is 10.1. The van der Waals surface area contributed by atoms with Gasteiger partial charge in [-0.15, -0.1) is 0 Å². The minimum absolute atomic E-state index is 0.538. The average Bonchev–Trinajstić information content (AvgIpc) is 2.90. The molecule has 0 radical (unpaired) electrons. The van der Waals surface area contributed by atoms with Crippen molar-refractivity contribution in [1.29, 1.82) is 0 Å². The summed E-state index contributed by atoms with van der Waals surface area (Å²) >= 11 is 6.15. The molecule has 2 heterocycles. The molecule has 0 saturated carbocycles. The Kier molecular flexibility index (Phi) is 2.78. The van der Waals surface area contributed by atoms with Gasteiger partial charge in [-0.2, -0.15) is 5.10 Å². The maximum absolute atomic E-state index is 6.15. The molecule has 0 unspecified atom stereocenters. The Morgan fingerprint density at radius 2 is 1.78 bits per heavy atom. The highest BCUT2D eigenvalue weighted by atomic mass is 35.5. The first-order valence-electron chi connectivity index (χ1n) is 5.41. The maximum Gasteiger partial charge on any atom is 0.250 e. The maximum atomic E-state index is 6.15. The molecule has 0 N–H and O–H groups in total. The van der Waals surface area contributed by atoms with E-state index >= 15 is 0 Å². The molecule has 3 rings (SSSR count). The molecule has 0 aliphatic carbocycles. The van der Waals surface area contributed by atoms with Gasteiger partial charge in [-0.1, -0.05) is 29.8 Å². The van der Waals surface area contributed by atoms with E-state index in [4.69, 9.17) is 11.6 Å². The summed E-state index contributed by atoms with van der Waals surface area (Å²) in [6.45, 7) is 0. The Balaban J connectivity index is 2.03. The average molecular weight is 257 g/mol. The van der Waals surface area contributed by atoms with Crippen molar-refractivity contribution in [2.45, 2.75) is 0 Å². The summed E-state index contributed by atoms with van der Waals surface area (Å²) in [6.07, 6.45) is 6.96. The highest BCUT2D eigenvalue weighted by Crippen LogP contribution is 2.27. The van der Waals surface area contributed by atoms with E-state index < -0.39 is 0 Å². The summed E-state index contributed by atoms with van der Waals surface area (Å²) in [7, 11) is 0. The molecule has 1 aromatic carbocycles. The first-order valence-corrected chi connectivity index (χ1v) is 5.79. The molecule has 0 amide bonds. The van der Waals surface area contributed by atoms with E-state index in [1.54, 1.807) is 29.3 Å². The molecule has 5 heteroatoms. The molecule has 4 nitrogen and oxygen atoms in total. The van der Waals surface area contributed by atoms with Crippen LogP contribution in [0.5, 0.6) is 0 Å². The minimum atomic E-state index is 0.538. The van der Waals surface area contributed by atoms with Gasteiger partial charge < -0.3 is 0 Å². The Bertz CT molecular complexity index is 664. The zero-order valence-corrected chi connectivity index (χ0v) is 10.1. The molecule has 0 atom stereocenters. The third-order valence-electron chi connectivity index (χ3n) is 2.52. The van der Waals surface area contributed by atoms with Gasteiger partial charge in [0.05, 0.1) is 6.20 Å². The summed E-state index contributed by atoms with van der Waals surface area (Å²) in [4.78, 5) is 8.27. The number of rotatable bonds is 2. The molecule has 0 fully saturated rings. The molecule has 0 bridgehead atoms. The molecule has 88 valence electrons.